The molecule has 0 saturated heterocycles. The van der Waals surface area contributed by atoms with Gasteiger partial charge in [0.2, 0.25) is 5.91 Å². The summed E-state index contributed by atoms with van der Waals surface area (Å²) in [6, 6.07) is 1.58. The summed E-state index contributed by atoms with van der Waals surface area (Å²) >= 11 is 6.10. The van der Waals surface area contributed by atoms with E-state index >= 15 is 0 Å². The number of hydrogen-bond acceptors (Lipinski definition) is 6. The van der Waals surface area contributed by atoms with Crippen LogP contribution in [0.15, 0.2) is 18.3 Å². The van der Waals surface area contributed by atoms with E-state index in [2.05, 4.69) is 20.3 Å². The van der Waals surface area contributed by atoms with Crippen LogP contribution in [-0.2, 0) is 23.3 Å². The number of anilines is 2. The fourth-order valence-electron chi connectivity index (χ4n) is 4.03. The van der Waals surface area contributed by atoms with Crippen molar-refractivity contribution in [2.75, 3.05) is 11.1 Å². The summed E-state index contributed by atoms with van der Waals surface area (Å²) < 4.78 is 45.3. The van der Waals surface area contributed by atoms with E-state index in [9.17, 15) is 18.0 Å². The Balaban J connectivity index is 1.66. The lowest BCUT2D eigenvalue weighted by Crippen LogP contribution is -2.27. The maximum atomic E-state index is 14.3. The van der Waals surface area contributed by atoms with Crippen LogP contribution in [0.3, 0.4) is 0 Å². The van der Waals surface area contributed by atoms with Crippen LogP contribution in [-0.4, -0.2) is 29.8 Å². The molecule has 0 saturated carbocycles. The molecule has 3 aromatic rings. The van der Waals surface area contributed by atoms with Gasteiger partial charge in [-0.3, -0.25) is 9.21 Å². The molecule has 1 amide bonds. The molecular formula is C21H17ClF3N7O. The highest BCUT2D eigenvalue weighted by atomic mass is 35.5. The highest BCUT2D eigenvalue weighted by molar-refractivity contribution is 6.14. The third-order valence-electron chi connectivity index (χ3n) is 5.80. The van der Waals surface area contributed by atoms with Gasteiger partial charge in [0.25, 0.3) is 0 Å². The van der Waals surface area contributed by atoms with Crippen LogP contribution in [0.5, 0.6) is 0 Å². The van der Waals surface area contributed by atoms with Crippen molar-refractivity contribution in [3.8, 4) is 11.5 Å². The summed E-state index contributed by atoms with van der Waals surface area (Å²) in [6.07, 6.45) is 2.87. The Kier molecular flexibility index (Phi) is 4.64. The topological polar surface area (TPSA) is 102 Å². The van der Waals surface area contributed by atoms with E-state index in [4.69, 9.17) is 17.5 Å². The van der Waals surface area contributed by atoms with Gasteiger partial charge in [-0.05, 0) is 32.1 Å². The monoisotopic (exact) mass is 475 g/mol. The smallest absolute Gasteiger partial charge is 0.235 e. The summed E-state index contributed by atoms with van der Waals surface area (Å²) in [5, 5.41) is 2.70. The molecule has 0 atom stereocenters. The summed E-state index contributed by atoms with van der Waals surface area (Å²) in [4.78, 5) is 25.6. The number of fused-ring (bicyclic) bond motifs is 2. The standard InChI is InChI=1S/C21H17ClF3N7O/c1-21(2)14-17(26)28-19(29-18(14)30-20(21)33)16-12-5-6-31(22)8-32(12)13(27-16)7-9-10(23)3-4-11(24)15(9)25/h3-6H,7-8H2,1-2H3,(H3,26,28,29,30,33). The molecule has 2 aliphatic rings. The minimum absolute atomic E-state index is 0.110. The molecular weight excluding hydrogens is 459 g/mol. The zero-order valence-corrected chi connectivity index (χ0v) is 18.2. The minimum Gasteiger partial charge on any atom is -0.383 e. The number of benzene rings is 1. The van der Waals surface area contributed by atoms with E-state index in [1.165, 1.54) is 4.42 Å². The van der Waals surface area contributed by atoms with Crippen LogP contribution in [0, 0.1) is 17.5 Å². The molecule has 33 heavy (non-hydrogen) atoms. The molecule has 5 rings (SSSR count). The minimum atomic E-state index is -1.29. The number of nitrogens with zero attached hydrogens (tertiary/aromatic N) is 5. The lowest BCUT2D eigenvalue weighted by molar-refractivity contribution is -0.119. The number of hydrogen-bond donors (Lipinski definition) is 2. The maximum absolute atomic E-state index is 14.3. The summed E-state index contributed by atoms with van der Waals surface area (Å²) in [5.74, 6) is -2.89. The fourth-order valence-corrected chi connectivity index (χ4v) is 4.19. The molecule has 1 aromatic carbocycles. The van der Waals surface area contributed by atoms with Crippen molar-refractivity contribution in [3.63, 3.8) is 0 Å². The number of nitrogens with one attached hydrogen (secondary N) is 1. The van der Waals surface area contributed by atoms with Crippen LogP contribution in [0.4, 0.5) is 24.8 Å². The number of amides is 1. The highest BCUT2D eigenvalue weighted by Crippen LogP contribution is 2.40. The van der Waals surface area contributed by atoms with Crippen molar-refractivity contribution in [1.29, 1.82) is 0 Å². The first-order valence-electron chi connectivity index (χ1n) is 9.90. The van der Waals surface area contributed by atoms with E-state index in [1.807, 2.05) is 0 Å². The summed E-state index contributed by atoms with van der Waals surface area (Å²) in [5.41, 5.74) is 6.07. The number of carbonyl (C=O) groups excluding carboxylic acids is 1. The average molecular weight is 476 g/mol. The van der Waals surface area contributed by atoms with Crippen molar-refractivity contribution >= 4 is 35.4 Å². The predicted octanol–water partition coefficient (Wildman–Crippen LogP) is 3.56. The van der Waals surface area contributed by atoms with Gasteiger partial charge < -0.3 is 15.6 Å². The second-order valence-electron chi connectivity index (χ2n) is 8.28. The van der Waals surface area contributed by atoms with Crippen LogP contribution < -0.4 is 11.1 Å². The first-order valence-corrected chi connectivity index (χ1v) is 10.2. The Morgan fingerprint density at radius 3 is 2.67 bits per heavy atom. The van der Waals surface area contributed by atoms with Gasteiger partial charge in [0.15, 0.2) is 17.5 Å². The zero-order chi connectivity index (χ0) is 23.7. The van der Waals surface area contributed by atoms with Crippen LogP contribution in [0.2, 0.25) is 0 Å². The maximum Gasteiger partial charge on any atom is 0.235 e. The largest absolute Gasteiger partial charge is 0.383 e. The van der Waals surface area contributed by atoms with Gasteiger partial charge in [0.05, 0.1) is 16.7 Å². The Morgan fingerprint density at radius 1 is 1.18 bits per heavy atom. The molecule has 2 aromatic heterocycles. The first-order chi connectivity index (χ1) is 15.6. The van der Waals surface area contributed by atoms with Gasteiger partial charge in [-0.1, -0.05) is 0 Å². The number of rotatable bonds is 3. The molecule has 0 radical (unpaired) electrons. The number of nitrogens with two attached hydrogens (primary N) is 1. The lowest BCUT2D eigenvalue weighted by Gasteiger charge is -2.20. The van der Waals surface area contributed by atoms with Crippen LogP contribution in [0.25, 0.3) is 17.6 Å². The third kappa shape index (κ3) is 3.22. The Hall–Kier alpha value is -3.60. The van der Waals surface area contributed by atoms with Crippen molar-refractivity contribution in [2.45, 2.75) is 32.4 Å². The van der Waals surface area contributed by atoms with Crippen molar-refractivity contribution in [1.82, 2.24) is 23.9 Å². The van der Waals surface area contributed by atoms with Gasteiger partial charge in [-0.2, -0.15) is 0 Å². The molecule has 0 fully saturated rings. The molecule has 0 bridgehead atoms. The van der Waals surface area contributed by atoms with Crippen molar-refractivity contribution in [3.05, 3.63) is 58.4 Å². The quantitative estimate of drug-likeness (QED) is 0.443. The first kappa shape index (κ1) is 21.3. The molecule has 12 heteroatoms. The molecule has 0 aliphatic carbocycles. The molecule has 8 nitrogen and oxygen atoms in total. The number of nitrogen functional groups attached to an aromatic ring is 1. The van der Waals surface area contributed by atoms with Gasteiger partial charge >= 0.3 is 0 Å². The second kappa shape index (κ2) is 7.20. The fraction of sp³-hybridized carbons (Fsp3) is 0.238. The highest BCUT2D eigenvalue weighted by Gasteiger charge is 2.42. The third-order valence-corrected chi connectivity index (χ3v) is 6.02. The number of carbonyl (C=O) groups is 1. The summed E-state index contributed by atoms with van der Waals surface area (Å²) in [6.45, 7) is 3.53. The zero-order valence-electron chi connectivity index (χ0n) is 17.5. The van der Waals surface area contributed by atoms with E-state index in [0.717, 1.165) is 12.1 Å². The van der Waals surface area contributed by atoms with Gasteiger partial charge in [0.1, 0.15) is 35.6 Å². The van der Waals surface area contributed by atoms with E-state index in [-0.39, 0.29) is 48.0 Å². The van der Waals surface area contributed by atoms with Gasteiger partial charge in [-0.25, -0.2) is 28.1 Å². The predicted molar refractivity (Wildman–Crippen MR) is 115 cm³/mol. The van der Waals surface area contributed by atoms with E-state index < -0.39 is 28.4 Å². The number of halogens is 4. The molecule has 0 unspecified atom stereocenters. The number of aromatic nitrogens is 4. The van der Waals surface area contributed by atoms with Crippen LogP contribution in [0.1, 0.15) is 36.5 Å². The van der Waals surface area contributed by atoms with E-state index in [0.29, 0.717) is 11.3 Å². The lowest BCUT2D eigenvalue weighted by atomic mass is 9.87. The summed E-state index contributed by atoms with van der Waals surface area (Å²) in [7, 11) is 0. The second-order valence-corrected chi connectivity index (χ2v) is 8.71. The Bertz CT molecular complexity index is 1370. The number of imidazole rings is 1. The normalized spacial score (nSPS) is 16.1. The average Bonchev–Trinajstić information content (AvgIpc) is 3.22. The molecule has 170 valence electrons. The van der Waals surface area contributed by atoms with Crippen molar-refractivity contribution in [2.24, 2.45) is 0 Å². The van der Waals surface area contributed by atoms with E-state index in [1.54, 1.807) is 30.7 Å². The van der Waals surface area contributed by atoms with Crippen molar-refractivity contribution < 1.29 is 18.0 Å². The Morgan fingerprint density at radius 2 is 1.91 bits per heavy atom. The van der Waals surface area contributed by atoms with Gasteiger partial charge in [0, 0.05) is 30.0 Å². The SMILES string of the molecule is CC1(C)C(=O)Nc2nc(-c3nc(Cc4c(F)ccc(F)c4F)n4c3C=CN(Cl)C4)nc(N)c21. The molecule has 3 N–H and O–H groups in total. The molecule has 2 aliphatic heterocycles. The molecule has 4 heterocycles. The van der Waals surface area contributed by atoms with Gasteiger partial charge in [-0.15, -0.1) is 0 Å². The Labute approximate surface area is 191 Å². The van der Waals surface area contributed by atoms with Crippen LogP contribution >= 0.6 is 11.8 Å². The molecule has 0 spiro atoms.